The van der Waals surface area contributed by atoms with Crippen LogP contribution in [-0.2, 0) is 12.0 Å². The fourth-order valence-corrected chi connectivity index (χ4v) is 2.01. The molecule has 0 amide bonds. The summed E-state index contributed by atoms with van der Waals surface area (Å²) >= 11 is 0. The summed E-state index contributed by atoms with van der Waals surface area (Å²) < 4.78 is 39.6. The fraction of sp³-hybridized carbons (Fsp3) is 0.200. The van der Waals surface area contributed by atoms with Crippen molar-refractivity contribution < 1.29 is 13.2 Å². The van der Waals surface area contributed by atoms with E-state index in [9.17, 15) is 13.2 Å². The Morgan fingerprint density at radius 3 is 2.16 bits per heavy atom. The van der Waals surface area contributed by atoms with E-state index in [1.165, 1.54) is 12.1 Å². The molecule has 0 saturated carbocycles. The molecule has 0 heterocycles. The molecule has 1 nitrogen and oxygen atoms in total. The van der Waals surface area contributed by atoms with Crippen LogP contribution in [-0.4, -0.2) is 0 Å². The SMILES string of the molecule is CC(N)(Cc1cc(F)ccc1F)c1ccc(F)cc1. The molecule has 0 aliphatic heterocycles. The van der Waals surface area contributed by atoms with Gasteiger partial charge in [-0.3, -0.25) is 0 Å². The Kier molecular flexibility index (Phi) is 3.62. The smallest absolute Gasteiger partial charge is 0.126 e. The summed E-state index contributed by atoms with van der Waals surface area (Å²) in [6, 6.07) is 8.95. The van der Waals surface area contributed by atoms with E-state index in [1.807, 2.05) is 0 Å². The Hall–Kier alpha value is -1.81. The van der Waals surface area contributed by atoms with Gasteiger partial charge in [-0.15, -0.1) is 0 Å². The summed E-state index contributed by atoms with van der Waals surface area (Å²) in [5, 5.41) is 0. The van der Waals surface area contributed by atoms with Crippen LogP contribution in [0.15, 0.2) is 42.5 Å². The van der Waals surface area contributed by atoms with E-state index in [4.69, 9.17) is 5.73 Å². The lowest BCUT2D eigenvalue weighted by Gasteiger charge is -2.25. The van der Waals surface area contributed by atoms with Crippen LogP contribution < -0.4 is 5.73 Å². The monoisotopic (exact) mass is 265 g/mol. The first-order chi connectivity index (χ1) is 8.88. The molecule has 0 aliphatic carbocycles. The van der Waals surface area contributed by atoms with Gasteiger partial charge in [0, 0.05) is 5.54 Å². The van der Waals surface area contributed by atoms with Crippen LogP contribution in [0.1, 0.15) is 18.1 Å². The quantitative estimate of drug-likeness (QED) is 0.902. The minimum absolute atomic E-state index is 0.127. The minimum atomic E-state index is -0.900. The highest BCUT2D eigenvalue weighted by molar-refractivity contribution is 5.28. The molecule has 2 N–H and O–H groups in total. The molecular formula is C15H14F3N. The molecule has 0 spiro atoms. The van der Waals surface area contributed by atoms with Crippen molar-refractivity contribution in [2.24, 2.45) is 5.73 Å². The third-order valence-electron chi connectivity index (χ3n) is 3.07. The average Bonchev–Trinajstić information content (AvgIpc) is 2.34. The summed E-state index contributed by atoms with van der Waals surface area (Å²) in [7, 11) is 0. The van der Waals surface area contributed by atoms with E-state index in [0.29, 0.717) is 5.56 Å². The van der Waals surface area contributed by atoms with Gasteiger partial charge in [0.2, 0.25) is 0 Å². The van der Waals surface area contributed by atoms with Gasteiger partial charge in [-0.25, -0.2) is 13.2 Å². The maximum atomic E-state index is 13.6. The predicted molar refractivity (Wildman–Crippen MR) is 68.0 cm³/mol. The minimum Gasteiger partial charge on any atom is -0.321 e. The number of nitrogens with two attached hydrogens (primary N) is 1. The van der Waals surface area contributed by atoms with Crippen LogP contribution in [0.25, 0.3) is 0 Å². The Morgan fingerprint density at radius 1 is 0.947 bits per heavy atom. The third-order valence-corrected chi connectivity index (χ3v) is 3.07. The molecule has 0 aliphatic rings. The molecule has 1 unspecified atom stereocenters. The lowest BCUT2D eigenvalue weighted by atomic mass is 9.86. The third kappa shape index (κ3) is 3.15. The van der Waals surface area contributed by atoms with Gasteiger partial charge in [0.1, 0.15) is 17.5 Å². The summed E-state index contributed by atoms with van der Waals surface area (Å²) in [5.41, 5.74) is 6.09. The molecule has 0 saturated heterocycles. The highest BCUT2D eigenvalue weighted by Crippen LogP contribution is 2.24. The zero-order valence-corrected chi connectivity index (χ0v) is 10.5. The van der Waals surface area contributed by atoms with Crippen LogP contribution in [0, 0.1) is 17.5 Å². The van der Waals surface area contributed by atoms with Gasteiger partial charge >= 0.3 is 0 Å². The Morgan fingerprint density at radius 2 is 1.53 bits per heavy atom. The van der Waals surface area contributed by atoms with Crippen molar-refractivity contribution in [1.29, 1.82) is 0 Å². The molecule has 1 atom stereocenters. The Balaban J connectivity index is 2.30. The van der Waals surface area contributed by atoms with E-state index >= 15 is 0 Å². The highest BCUT2D eigenvalue weighted by atomic mass is 19.1. The first-order valence-corrected chi connectivity index (χ1v) is 5.87. The topological polar surface area (TPSA) is 26.0 Å². The van der Waals surface area contributed by atoms with E-state index in [0.717, 1.165) is 18.2 Å². The maximum Gasteiger partial charge on any atom is 0.126 e. The average molecular weight is 265 g/mol. The predicted octanol–water partition coefficient (Wildman–Crippen LogP) is 3.52. The Bertz CT molecular complexity index is 576. The van der Waals surface area contributed by atoms with Crippen molar-refractivity contribution in [2.45, 2.75) is 18.9 Å². The molecule has 100 valence electrons. The van der Waals surface area contributed by atoms with E-state index in [-0.39, 0.29) is 17.8 Å². The Labute approximate surface area is 109 Å². The van der Waals surface area contributed by atoms with Crippen molar-refractivity contribution in [3.8, 4) is 0 Å². The molecular weight excluding hydrogens is 251 g/mol. The highest BCUT2D eigenvalue weighted by Gasteiger charge is 2.23. The fourth-order valence-electron chi connectivity index (χ4n) is 2.01. The number of hydrogen-bond donors (Lipinski definition) is 1. The van der Waals surface area contributed by atoms with Gasteiger partial charge < -0.3 is 5.73 Å². The van der Waals surface area contributed by atoms with Gasteiger partial charge in [-0.2, -0.15) is 0 Å². The first-order valence-electron chi connectivity index (χ1n) is 5.87. The zero-order valence-electron chi connectivity index (χ0n) is 10.5. The number of benzene rings is 2. The van der Waals surface area contributed by atoms with Gasteiger partial charge in [0.05, 0.1) is 0 Å². The van der Waals surface area contributed by atoms with Crippen molar-refractivity contribution in [2.75, 3.05) is 0 Å². The second-order valence-electron chi connectivity index (χ2n) is 4.84. The van der Waals surface area contributed by atoms with Crippen molar-refractivity contribution in [1.82, 2.24) is 0 Å². The first kappa shape index (κ1) is 13.6. The van der Waals surface area contributed by atoms with Crippen LogP contribution in [0.4, 0.5) is 13.2 Å². The molecule has 19 heavy (non-hydrogen) atoms. The van der Waals surface area contributed by atoms with Crippen molar-refractivity contribution in [3.63, 3.8) is 0 Å². The molecule has 2 aromatic carbocycles. The van der Waals surface area contributed by atoms with Crippen LogP contribution in [0.3, 0.4) is 0 Å². The van der Waals surface area contributed by atoms with Gasteiger partial charge in [0.15, 0.2) is 0 Å². The summed E-state index contributed by atoms with van der Waals surface area (Å²) in [5.74, 6) is -1.37. The van der Waals surface area contributed by atoms with Crippen LogP contribution >= 0.6 is 0 Å². The summed E-state index contributed by atoms with van der Waals surface area (Å²) in [4.78, 5) is 0. The standard InChI is InChI=1S/C15H14F3N/c1-15(19,11-2-4-12(16)5-3-11)9-10-8-13(17)6-7-14(10)18/h2-8H,9,19H2,1H3. The molecule has 2 rings (SSSR count). The molecule has 0 bridgehead atoms. The van der Waals surface area contributed by atoms with Gasteiger partial charge in [-0.05, 0) is 54.8 Å². The number of hydrogen-bond acceptors (Lipinski definition) is 1. The van der Waals surface area contributed by atoms with Crippen LogP contribution in [0.5, 0.6) is 0 Å². The van der Waals surface area contributed by atoms with Gasteiger partial charge in [-0.1, -0.05) is 12.1 Å². The largest absolute Gasteiger partial charge is 0.321 e. The normalized spacial score (nSPS) is 14.2. The second kappa shape index (κ2) is 5.05. The van der Waals surface area contributed by atoms with E-state index < -0.39 is 17.2 Å². The molecule has 0 fully saturated rings. The number of halogens is 3. The second-order valence-corrected chi connectivity index (χ2v) is 4.84. The maximum absolute atomic E-state index is 13.6. The lowest BCUT2D eigenvalue weighted by Crippen LogP contribution is -2.35. The van der Waals surface area contributed by atoms with E-state index in [2.05, 4.69) is 0 Å². The zero-order chi connectivity index (χ0) is 14.0. The van der Waals surface area contributed by atoms with Gasteiger partial charge in [0.25, 0.3) is 0 Å². The number of rotatable bonds is 3. The molecule has 0 radical (unpaired) electrons. The van der Waals surface area contributed by atoms with Crippen molar-refractivity contribution >= 4 is 0 Å². The van der Waals surface area contributed by atoms with E-state index in [1.54, 1.807) is 19.1 Å². The van der Waals surface area contributed by atoms with Crippen molar-refractivity contribution in [3.05, 3.63) is 71.0 Å². The summed E-state index contributed by atoms with van der Waals surface area (Å²) in [6.45, 7) is 1.70. The van der Waals surface area contributed by atoms with Crippen LogP contribution in [0.2, 0.25) is 0 Å². The molecule has 2 aromatic rings. The summed E-state index contributed by atoms with van der Waals surface area (Å²) in [6.07, 6.45) is 0.127. The molecule has 0 aromatic heterocycles. The lowest BCUT2D eigenvalue weighted by molar-refractivity contribution is 0.471. The molecule has 4 heteroatoms.